The molecule has 0 saturated heterocycles. The van der Waals surface area contributed by atoms with Gasteiger partial charge in [-0.05, 0) is 37.5 Å². The minimum Gasteiger partial charge on any atom is -0.369 e. The van der Waals surface area contributed by atoms with Crippen molar-refractivity contribution in [2.45, 2.75) is 38.6 Å². The molecular weight excluding hydrogens is 232 g/mol. The number of nitrogens with zero attached hydrogens (tertiary/aromatic N) is 2. The molecule has 0 amide bonds. The van der Waals surface area contributed by atoms with Crippen molar-refractivity contribution in [3.05, 3.63) is 28.8 Å². The van der Waals surface area contributed by atoms with Crippen molar-refractivity contribution in [2.24, 2.45) is 0 Å². The summed E-state index contributed by atoms with van der Waals surface area (Å²) >= 11 is 6.08. The Labute approximate surface area is 108 Å². The minimum absolute atomic E-state index is 0.557. The van der Waals surface area contributed by atoms with E-state index in [2.05, 4.69) is 17.9 Å². The van der Waals surface area contributed by atoms with Crippen molar-refractivity contribution in [1.29, 1.82) is 5.26 Å². The number of hydrogen-bond donors (Lipinski definition) is 0. The van der Waals surface area contributed by atoms with Crippen LogP contribution in [0.2, 0.25) is 5.02 Å². The topological polar surface area (TPSA) is 27.0 Å². The summed E-state index contributed by atoms with van der Waals surface area (Å²) < 4.78 is 0. The molecule has 1 aliphatic carbocycles. The number of nitriles is 1. The smallest absolute Gasteiger partial charge is 0.101 e. The molecule has 0 radical (unpaired) electrons. The van der Waals surface area contributed by atoms with Crippen LogP contribution in [0.25, 0.3) is 0 Å². The standard InChI is InChI=1S/C14H17ClN2/c1-2-3-8-17(12-6-7-12)13-5-4-11(10-16)14(15)9-13/h4-5,9,12H,2-3,6-8H2,1H3. The summed E-state index contributed by atoms with van der Waals surface area (Å²) in [5, 5.41) is 9.43. The summed E-state index contributed by atoms with van der Waals surface area (Å²) in [6.07, 6.45) is 4.96. The number of hydrogen-bond acceptors (Lipinski definition) is 2. The molecule has 0 aliphatic heterocycles. The Morgan fingerprint density at radius 2 is 2.24 bits per heavy atom. The average Bonchev–Trinajstić information content (AvgIpc) is 3.14. The molecule has 90 valence electrons. The highest BCUT2D eigenvalue weighted by Crippen LogP contribution is 2.33. The zero-order valence-corrected chi connectivity index (χ0v) is 10.9. The molecule has 2 nitrogen and oxygen atoms in total. The van der Waals surface area contributed by atoms with Crippen molar-refractivity contribution in [3.8, 4) is 6.07 Å². The van der Waals surface area contributed by atoms with E-state index in [1.54, 1.807) is 0 Å². The summed E-state index contributed by atoms with van der Waals surface area (Å²) in [6, 6.07) is 8.54. The third-order valence-electron chi connectivity index (χ3n) is 3.14. The maximum Gasteiger partial charge on any atom is 0.101 e. The summed E-state index contributed by atoms with van der Waals surface area (Å²) in [6.45, 7) is 3.29. The Bertz CT molecular complexity index is 432. The molecule has 1 aromatic carbocycles. The fraction of sp³-hybridized carbons (Fsp3) is 0.500. The first kappa shape index (κ1) is 12.3. The first-order valence-corrected chi connectivity index (χ1v) is 6.60. The number of halogens is 1. The van der Waals surface area contributed by atoms with E-state index in [0.29, 0.717) is 16.6 Å². The molecule has 0 heterocycles. The first-order chi connectivity index (χ1) is 8.26. The fourth-order valence-corrected chi connectivity index (χ4v) is 2.23. The monoisotopic (exact) mass is 248 g/mol. The molecule has 0 unspecified atom stereocenters. The summed E-state index contributed by atoms with van der Waals surface area (Å²) in [7, 11) is 0. The normalized spacial score (nSPS) is 14.4. The van der Waals surface area contributed by atoms with Gasteiger partial charge < -0.3 is 4.90 Å². The quantitative estimate of drug-likeness (QED) is 0.788. The summed E-state index contributed by atoms with van der Waals surface area (Å²) in [4.78, 5) is 2.43. The van der Waals surface area contributed by atoms with Gasteiger partial charge in [-0.2, -0.15) is 5.26 Å². The third kappa shape index (κ3) is 2.92. The van der Waals surface area contributed by atoms with Gasteiger partial charge in [0, 0.05) is 18.3 Å². The Kier molecular flexibility index (Phi) is 3.91. The second kappa shape index (κ2) is 5.42. The van der Waals surface area contributed by atoms with Crippen LogP contribution in [0.1, 0.15) is 38.2 Å². The Morgan fingerprint density at radius 1 is 1.47 bits per heavy atom. The predicted molar refractivity (Wildman–Crippen MR) is 71.4 cm³/mol. The van der Waals surface area contributed by atoms with Crippen LogP contribution in [0.5, 0.6) is 0 Å². The van der Waals surface area contributed by atoms with Crippen molar-refractivity contribution in [1.82, 2.24) is 0 Å². The van der Waals surface area contributed by atoms with Gasteiger partial charge >= 0.3 is 0 Å². The fourth-order valence-electron chi connectivity index (χ4n) is 2.01. The second-order valence-corrected chi connectivity index (χ2v) is 4.96. The number of benzene rings is 1. The van der Waals surface area contributed by atoms with E-state index >= 15 is 0 Å². The van der Waals surface area contributed by atoms with Crippen LogP contribution < -0.4 is 4.90 Å². The van der Waals surface area contributed by atoms with Crippen LogP contribution in [0, 0.1) is 11.3 Å². The number of rotatable bonds is 5. The van der Waals surface area contributed by atoms with Crippen LogP contribution in [-0.2, 0) is 0 Å². The lowest BCUT2D eigenvalue weighted by atomic mass is 10.2. The van der Waals surface area contributed by atoms with E-state index in [0.717, 1.165) is 12.2 Å². The van der Waals surface area contributed by atoms with Crippen molar-refractivity contribution < 1.29 is 0 Å². The molecule has 0 bridgehead atoms. The van der Waals surface area contributed by atoms with Gasteiger partial charge in [0.25, 0.3) is 0 Å². The molecule has 1 saturated carbocycles. The Balaban J connectivity index is 2.18. The zero-order valence-electron chi connectivity index (χ0n) is 10.1. The summed E-state index contributed by atoms with van der Waals surface area (Å²) in [5.74, 6) is 0. The van der Waals surface area contributed by atoms with Gasteiger partial charge in [-0.25, -0.2) is 0 Å². The van der Waals surface area contributed by atoms with Gasteiger partial charge in [0.1, 0.15) is 6.07 Å². The lowest BCUT2D eigenvalue weighted by Gasteiger charge is -2.24. The second-order valence-electron chi connectivity index (χ2n) is 4.55. The van der Waals surface area contributed by atoms with Crippen molar-refractivity contribution >= 4 is 17.3 Å². The molecule has 3 heteroatoms. The number of unbranched alkanes of at least 4 members (excludes halogenated alkanes) is 1. The lowest BCUT2D eigenvalue weighted by molar-refractivity contribution is 0.713. The molecule has 0 atom stereocenters. The van der Waals surface area contributed by atoms with E-state index in [1.807, 2.05) is 18.2 Å². The van der Waals surface area contributed by atoms with Crippen molar-refractivity contribution in [2.75, 3.05) is 11.4 Å². The highest BCUT2D eigenvalue weighted by atomic mass is 35.5. The highest BCUT2D eigenvalue weighted by Gasteiger charge is 2.28. The van der Waals surface area contributed by atoms with E-state index in [1.165, 1.54) is 25.7 Å². The van der Waals surface area contributed by atoms with Gasteiger partial charge in [-0.1, -0.05) is 24.9 Å². The van der Waals surface area contributed by atoms with Crippen LogP contribution in [0.15, 0.2) is 18.2 Å². The first-order valence-electron chi connectivity index (χ1n) is 6.22. The molecule has 1 aliphatic rings. The molecule has 2 rings (SSSR count). The van der Waals surface area contributed by atoms with E-state index < -0.39 is 0 Å². The van der Waals surface area contributed by atoms with Crippen LogP contribution >= 0.6 is 11.6 Å². The van der Waals surface area contributed by atoms with Crippen LogP contribution in [-0.4, -0.2) is 12.6 Å². The van der Waals surface area contributed by atoms with Crippen molar-refractivity contribution in [3.63, 3.8) is 0 Å². The molecule has 17 heavy (non-hydrogen) atoms. The van der Waals surface area contributed by atoms with Gasteiger partial charge in [0.05, 0.1) is 10.6 Å². The SMILES string of the molecule is CCCCN(c1ccc(C#N)c(Cl)c1)C1CC1. The lowest BCUT2D eigenvalue weighted by Crippen LogP contribution is -2.26. The largest absolute Gasteiger partial charge is 0.369 e. The molecule has 0 aromatic heterocycles. The Morgan fingerprint density at radius 3 is 2.76 bits per heavy atom. The summed E-state index contributed by atoms with van der Waals surface area (Å²) in [5.41, 5.74) is 1.71. The molecular formula is C14H17ClN2. The minimum atomic E-state index is 0.557. The highest BCUT2D eigenvalue weighted by molar-refractivity contribution is 6.32. The molecule has 0 N–H and O–H groups in total. The molecule has 0 spiro atoms. The maximum absolute atomic E-state index is 8.86. The average molecular weight is 249 g/mol. The number of anilines is 1. The van der Waals surface area contributed by atoms with Crippen LogP contribution in [0.3, 0.4) is 0 Å². The van der Waals surface area contributed by atoms with E-state index in [-0.39, 0.29) is 0 Å². The van der Waals surface area contributed by atoms with Crippen LogP contribution in [0.4, 0.5) is 5.69 Å². The van der Waals surface area contributed by atoms with Gasteiger partial charge in [-0.3, -0.25) is 0 Å². The Hall–Kier alpha value is -1.20. The van der Waals surface area contributed by atoms with Gasteiger partial charge in [0.2, 0.25) is 0 Å². The zero-order chi connectivity index (χ0) is 12.3. The molecule has 1 fully saturated rings. The third-order valence-corrected chi connectivity index (χ3v) is 3.46. The molecule has 1 aromatic rings. The van der Waals surface area contributed by atoms with Gasteiger partial charge in [-0.15, -0.1) is 0 Å². The predicted octanol–water partition coefficient (Wildman–Crippen LogP) is 3.98. The van der Waals surface area contributed by atoms with E-state index in [4.69, 9.17) is 16.9 Å². The maximum atomic E-state index is 8.86. The van der Waals surface area contributed by atoms with E-state index in [9.17, 15) is 0 Å². The van der Waals surface area contributed by atoms with Gasteiger partial charge in [0.15, 0.2) is 0 Å².